The van der Waals surface area contributed by atoms with Gasteiger partial charge in [0.25, 0.3) is 5.69 Å². The van der Waals surface area contributed by atoms with Crippen molar-refractivity contribution >= 4 is 17.5 Å². The minimum atomic E-state index is -0.377. The highest BCUT2D eigenvalue weighted by Crippen LogP contribution is 2.19. The Balaban J connectivity index is 2.31. The molecular weight excluding hydrogens is 204 g/mol. The van der Waals surface area contributed by atoms with Crippen LogP contribution < -0.4 is 0 Å². The van der Waals surface area contributed by atoms with Crippen LogP contribution in [0.5, 0.6) is 0 Å². The van der Waals surface area contributed by atoms with Crippen LogP contribution in [0.2, 0.25) is 0 Å². The predicted octanol–water partition coefficient (Wildman–Crippen LogP) is 2.84. The van der Waals surface area contributed by atoms with Crippen LogP contribution in [0.1, 0.15) is 18.9 Å². The maximum atomic E-state index is 10.6. The van der Waals surface area contributed by atoms with E-state index in [1.807, 2.05) is 19.1 Å². The van der Waals surface area contributed by atoms with Crippen molar-refractivity contribution in [3.63, 3.8) is 0 Å². The maximum Gasteiger partial charge on any atom is 0.270 e. The van der Waals surface area contributed by atoms with Gasteiger partial charge in [0.1, 0.15) is 0 Å². The van der Waals surface area contributed by atoms with Crippen LogP contribution in [0.25, 0.3) is 6.08 Å². The SMILES string of the molecule is CC1=NCCC1=Cc1cccc([N+](=O)[O-])c1. The molecule has 4 heteroatoms. The molecule has 1 aliphatic rings. The third kappa shape index (κ3) is 2.16. The molecule has 0 N–H and O–H groups in total. The van der Waals surface area contributed by atoms with Gasteiger partial charge in [0.2, 0.25) is 0 Å². The zero-order valence-electron chi connectivity index (χ0n) is 9.01. The number of nitro benzene ring substituents is 1. The van der Waals surface area contributed by atoms with E-state index in [0.29, 0.717) is 0 Å². The summed E-state index contributed by atoms with van der Waals surface area (Å²) in [7, 11) is 0. The Morgan fingerprint density at radius 1 is 1.50 bits per heavy atom. The molecule has 0 atom stereocenters. The molecule has 0 aromatic heterocycles. The van der Waals surface area contributed by atoms with E-state index in [4.69, 9.17) is 0 Å². The minimum absolute atomic E-state index is 0.127. The fraction of sp³-hybridized carbons (Fsp3) is 0.250. The van der Waals surface area contributed by atoms with Crippen LogP contribution in [0.4, 0.5) is 5.69 Å². The van der Waals surface area contributed by atoms with Crippen molar-refractivity contribution in [3.8, 4) is 0 Å². The number of rotatable bonds is 2. The fourth-order valence-electron chi connectivity index (χ4n) is 1.73. The van der Waals surface area contributed by atoms with Crippen molar-refractivity contribution in [2.24, 2.45) is 4.99 Å². The first-order valence-electron chi connectivity index (χ1n) is 5.13. The summed E-state index contributed by atoms with van der Waals surface area (Å²) in [5, 5.41) is 10.6. The summed E-state index contributed by atoms with van der Waals surface area (Å²) in [5.74, 6) is 0. The van der Waals surface area contributed by atoms with Crippen LogP contribution >= 0.6 is 0 Å². The van der Waals surface area contributed by atoms with Crippen molar-refractivity contribution in [1.82, 2.24) is 0 Å². The van der Waals surface area contributed by atoms with Gasteiger partial charge in [-0.15, -0.1) is 0 Å². The van der Waals surface area contributed by atoms with Gasteiger partial charge in [-0.2, -0.15) is 0 Å². The van der Waals surface area contributed by atoms with E-state index in [-0.39, 0.29) is 10.6 Å². The molecule has 1 heterocycles. The Bertz CT molecular complexity index is 490. The van der Waals surface area contributed by atoms with E-state index in [9.17, 15) is 10.1 Å². The number of aliphatic imine (C=N–C) groups is 1. The molecule has 82 valence electrons. The summed E-state index contributed by atoms with van der Waals surface area (Å²) < 4.78 is 0. The lowest BCUT2D eigenvalue weighted by Crippen LogP contribution is -1.91. The molecule has 0 saturated heterocycles. The molecule has 4 nitrogen and oxygen atoms in total. The molecule has 0 amide bonds. The smallest absolute Gasteiger partial charge is 0.270 e. The average molecular weight is 216 g/mol. The topological polar surface area (TPSA) is 55.5 Å². The highest BCUT2D eigenvalue weighted by Gasteiger charge is 2.09. The first-order valence-corrected chi connectivity index (χ1v) is 5.13. The monoisotopic (exact) mass is 216 g/mol. The molecule has 0 unspecified atom stereocenters. The van der Waals surface area contributed by atoms with Crippen molar-refractivity contribution in [2.45, 2.75) is 13.3 Å². The molecule has 16 heavy (non-hydrogen) atoms. The minimum Gasteiger partial charge on any atom is -0.289 e. The van der Waals surface area contributed by atoms with Crippen molar-refractivity contribution in [1.29, 1.82) is 0 Å². The van der Waals surface area contributed by atoms with Gasteiger partial charge in [-0.05, 0) is 30.6 Å². The zero-order chi connectivity index (χ0) is 11.5. The van der Waals surface area contributed by atoms with E-state index in [2.05, 4.69) is 4.99 Å². The lowest BCUT2D eigenvalue weighted by Gasteiger charge is -1.98. The summed E-state index contributed by atoms with van der Waals surface area (Å²) >= 11 is 0. The van der Waals surface area contributed by atoms with E-state index >= 15 is 0 Å². The third-order valence-corrected chi connectivity index (χ3v) is 2.62. The first-order chi connectivity index (χ1) is 7.66. The second-order valence-electron chi connectivity index (χ2n) is 3.74. The molecule has 0 saturated carbocycles. The van der Waals surface area contributed by atoms with Crippen LogP contribution in [0, 0.1) is 10.1 Å². The van der Waals surface area contributed by atoms with E-state index in [1.165, 1.54) is 11.6 Å². The normalized spacial score (nSPS) is 17.6. The highest BCUT2D eigenvalue weighted by atomic mass is 16.6. The van der Waals surface area contributed by atoms with Crippen LogP contribution in [0.15, 0.2) is 34.8 Å². The molecule has 1 aromatic carbocycles. The largest absolute Gasteiger partial charge is 0.289 e. The number of benzene rings is 1. The van der Waals surface area contributed by atoms with Crippen molar-refractivity contribution < 1.29 is 4.92 Å². The summed E-state index contributed by atoms with van der Waals surface area (Å²) in [5.41, 5.74) is 3.19. The van der Waals surface area contributed by atoms with Gasteiger partial charge < -0.3 is 0 Å². The van der Waals surface area contributed by atoms with Crippen LogP contribution in [-0.2, 0) is 0 Å². The number of non-ortho nitro benzene ring substituents is 1. The average Bonchev–Trinajstić information content (AvgIpc) is 2.65. The van der Waals surface area contributed by atoms with Gasteiger partial charge >= 0.3 is 0 Å². The molecule has 1 aliphatic heterocycles. The summed E-state index contributed by atoms with van der Waals surface area (Å²) in [4.78, 5) is 14.5. The van der Waals surface area contributed by atoms with Gasteiger partial charge in [-0.3, -0.25) is 15.1 Å². The Morgan fingerprint density at radius 2 is 2.31 bits per heavy atom. The van der Waals surface area contributed by atoms with Gasteiger partial charge in [-0.25, -0.2) is 0 Å². The van der Waals surface area contributed by atoms with E-state index in [0.717, 1.165) is 24.2 Å². The van der Waals surface area contributed by atoms with Gasteiger partial charge in [0.05, 0.1) is 4.92 Å². The molecular formula is C12H12N2O2. The van der Waals surface area contributed by atoms with Crippen LogP contribution in [0.3, 0.4) is 0 Å². The summed E-state index contributed by atoms with van der Waals surface area (Å²) in [6.07, 6.45) is 2.90. The zero-order valence-corrected chi connectivity index (χ0v) is 9.01. The predicted molar refractivity (Wildman–Crippen MR) is 63.7 cm³/mol. The molecule has 0 bridgehead atoms. The van der Waals surface area contributed by atoms with Gasteiger partial charge in [0.15, 0.2) is 0 Å². The van der Waals surface area contributed by atoms with E-state index < -0.39 is 0 Å². The van der Waals surface area contributed by atoms with Crippen LogP contribution in [-0.4, -0.2) is 17.2 Å². The second kappa shape index (κ2) is 4.26. The lowest BCUT2D eigenvalue weighted by atomic mass is 10.1. The number of hydrogen-bond donors (Lipinski definition) is 0. The molecule has 0 aliphatic carbocycles. The number of nitrogens with zero attached hydrogens (tertiary/aromatic N) is 2. The Kier molecular flexibility index (Phi) is 2.81. The Labute approximate surface area is 93.5 Å². The molecule has 1 aromatic rings. The third-order valence-electron chi connectivity index (χ3n) is 2.62. The standard InChI is InChI=1S/C12H12N2O2/c1-9-11(5-6-13-9)7-10-3-2-4-12(8-10)14(15)16/h2-4,7-8H,5-6H2,1H3. The maximum absolute atomic E-state index is 10.6. The van der Waals surface area contributed by atoms with Gasteiger partial charge in [0, 0.05) is 24.4 Å². The number of hydrogen-bond acceptors (Lipinski definition) is 3. The summed E-state index contributed by atoms with van der Waals surface area (Å²) in [6, 6.07) is 6.65. The molecule has 0 spiro atoms. The molecule has 2 rings (SSSR count). The van der Waals surface area contributed by atoms with Crippen molar-refractivity contribution in [3.05, 3.63) is 45.5 Å². The molecule has 0 radical (unpaired) electrons. The summed E-state index contributed by atoms with van der Waals surface area (Å²) in [6.45, 7) is 2.79. The highest BCUT2D eigenvalue weighted by molar-refractivity contribution is 6.03. The Hall–Kier alpha value is -1.97. The number of nitro groups is 1. The quantitative estimate of drug-likeness (QED) is 0.563. The molecule has 0 fully saturated rings. The van der Waals surface area contributed by atoms with E-state index in [1.54, 1.807) is 12.1 Å². The Morgan fingerprint density at radius 3 is 2.94 bits per heavy atom. The lowest BCUT2D eigenvalue weighted by molar-refractivity contribution is -0.384. The van der Waals surface area contributed by atoms with Crippen molar-refractivity contribution in [2.75, 3.05) is 6.54 Å². The second-order valence-corrected chi connectivity index (χ2v) is 3.74. The van der Waals surface area contributed by atoms with Gasteiger partial charge in [-0.1, -0.05) is 12.1 Å². The first kappa shape index (κ1) is 10.5. The fourth-order valence-corrected chi connectivity index (χ4v) is 1.73.